The molecule has 0 aliphatic rings. The van der Waals surface area contributed by atoms with Gasteiger partial charge >= 0.3 is 0 Å². The molecule has 4 rings (SSSR count). The summed E-state index contributed by atoms with van der Waals surface area (Å²) in [5, 5.41) is 10.9. The van der Waals surface area contributed by atoms with Gasteiger partial charge in [-0.2, -0.15) is 5.10 Å². The highest BCUT2D eigenvalue weighted by molar-refractivity contribution is 7.22. The molecule has 0 unspecified atom stereocenters. The van der Waals surface area contributed by atoms with Crippen molar-refractivity contribution in [2.45, 2.75) is 6.42 Å². The second kappa shape index (κ2) is 6.57. The van der Waals surface area contributed by atoms with Crippen molar-refractivity contribution in [2.24, 2.45) is 0 Å². The van der Waals surface area contributed by atoms with Crippen molar-refractivity contribution in [1.82, 2.24) is 15.2 Å². The van der Waals surface area contributed by atoms with Gasteiger partial charge in [0.2, 0.25) is 5.91 Å². The highest BCUT2D eigenvalue weighted by atomic mass is 32.1. The van der Waals surface area contributed by atoms with Crippen molar-refractivity contribution in [3.63, 3.8) is 0 Å². The molecule has 0 aliphatic heterocycles. The largest absolute Gasteiger partial charge is 0.497 e. The number of ether oxygens (including phenoxy) is 1. The third-order valence-corrected chi connectivity index (χ3v) is 4.88. The molecule has 2 aromatic heterocycles. The van der Waals surface area contributed by atoms with Crippen LogP contribution >= 0.6 is 11.3 Å². The normalized spacial score (nSPS) is 11.0. The van der Waals surface area contributed by atoms with Gasteiger partial charge in [-0.25, -0.2) is 10.1 Å². The van der Waals surface area contributed by atoms with Gasteiger partial charge in [-0.3, -0.25) is 9.59 Å². The van der Waals surface area contributed by atoms with Gasteiger partial charge in [0.1, 0.15) is 5.75 Å². The smallest absolute Gasteiger partial charge is 0.272 e. The molecule has 4 aromatic rings. The molecule has 0 bridgehead atoms. The van der Waals surface area contributed by atoms with E-state index in [0.29, 0.717) is 21.6 Å². The Kier molecular flexibility index (Phi) is 4.10. The summed E-state index contributed by atoms with van der Waals surface area (Å²) in [5.74, 6) is 0.489. The Balaban J connectivity index is 1.58. The number of anilines is 1. The molecule has 8 heteroatoms. The quantitative estimate of drug-likeness (QED) is 0.579. The molecule has 2 heterocycles. The Bertz CT molecular complexity index is 1180. The number of benzene rings is 2. The fraction of sp³-hybridized carbons (Fsp3) is 0.111. The van der Waals surface area contributed by atoms with Crippen LogP contribution in [0.15, 0.2) is 47.3 Å². The fourth-order valence-electron chi connectivity index (χ4n) is 2.71. The number of thiazole rings is 1. The van der Waals surface area contributed by atoms with Crippen LogP contribution in [0.2, 0.25) is 0 Å². The topological polar surface area (TPSA) is 97.0 Å². The molecule has 2 aromatic carbocycles. The van der Waals surface area contributed by atoms with Gasteiger partial charge in [0.15, 0.2) is 5.13 Å². The first-order valence-corrected chi connectivity index (χ1v) is 8.66. The zero-order chi connectivity index (χ0) is 18.1. The van der Waals surface area contributed by atoms with Crippen molar-refractivity contribution >= 4 is 43.4 Å². The van der Waals surface area contributed by atoms with E-state index in [4.69, 9.17) is 4.74 Å². The van der Waals surface area contributed by atoms with Crippen LogP contribution in [0.1, 0.15) is 5.69 Å². The molecule has 1 amide bonds. The number of aromatic amines is 1. The SMILES string of the molecule is COc1ccc2nc(NC(=O)Cc3n[nH]c(=O)c4ccccc34)sc2c1. The summed E-state index contributed by atoms with van der Waals surface area (Å²) >= 11 is 1.37. The minimum Gasteiger partial charge on any atom is -0.497 e. The van der Waals surface area contributed by atoms with Crippen molar-refractivity contribution in [3.8, 4) is 5.75 Å². The summed E-state index contributed by atoms with van der Waals surface area (Å²) in [6.45, 7) is 0. The van der Waals surface area contributed by atoms with Crippen molar-refractivity contribution in [2.75, 3.05) is 12.4 Å². The molecule has 130 valence electrons. The monoisotopic (exact) mass is 366 g/mol. The van der Waals surface area contributed by atoms with Crippen LogP contribution < -0.4 is 15.6 Å². The Morgan fingerprint density at radius 2 is 2.04 bits per heavy atom. The van der Waals surface area contributed by atoms with Crippen LogP contribution in [0.4, 0.5) is 5.13 Å². The van der Waals surface area contributed by atoms with E-state index in [0.717, 1.165) is 16.0 Å². The van der Waals surface area contributed by atoms with Gasteiger partial charge in [0.25, 0.3) is 5.56 Å². The predicted molar refractivity (Wildman–Crippen MR) is 101 cm³/mol. The van der Waals surface area contributed by atoms with E-state index in [1.165, 1.54) is 11.3 Å². The number of nitrogens with zero attached hydrogens (tertiary/aromatic N) is 2. The second-order valence-corrected chi connectivity index (χ2v) is 6.65. The van der Waals surface area contributed by atoms with E-state index < -0.39 is 0 Å². The van der Waals surface area contributed by atoms with Crippen molar-refractivity contribution in [3.05, 3.63) is 58.5 Å². The molecule has 2 N–H and O–H groups in total. The Morgan fingerprint density at radius 1 is 1.23 bits per heavy atom. The molecule has 0 atom stereocenters. The van der Waals surface area contributed by atoms with E-state index in [2.05, 4.69) is 20.5 Å². The van der Waals surface area contributed by atoms with Crippen LogP contribution in [0.5, 0.6) is 5.75 Å². The number of H-pyrrole nitrogens is 1. The number of carbonyl (C=O) groups excluding carboxylic acids is 1. The van der Waals surface area contributed by atoms with Gasteiger partial charge in [0, 0.05) is 5.39 Å². The number of aromatic nitrogens is 3. The van der Waals surface area contributed by atoms with Crippen molar-refractivity contribution < 1.29 is 9.53 Å². The average Bonchev–Trinajstić information content (AvgIpc) is 3.05. The fourth-order valence-corrected chi connectivity index (χ4v) is 3.62. The number of carbonyl (C=O) groups is 1. The lowest BCUT2D eigenvalue weighted by Crippen LogP contribution is -2.18. The van der Waals surface area contributed by atoms with Crippen LogP contribution in [0, 0.1) is 0 Å². The maximum absolute atomic E-state index is 12.4. The molecule has 0 saturated heterocycles. The number of nitrogens with one attached hydrogen (secondary N) is 2. The standard InChI is InChI=1S/C18H14N4O3S/c1-25-10-6-7-13-15(8-10)26-18(19-13)20-16(23)9-14-11-4-2-3-5-12(11)17(24)22-21-14/h2-8H,9H2,1H3,(H,22,24)(H,19,20,23). The highest BCUT2D eigenvalue weighted by Gasteiger charge is 2.13. The van der Waals surface area contributed by atoms with Crippen LogP contribution in [0.25, 0.3) is 21.0 Å². The molecule has 0 fully saturated rings. The number of amides is 1. The molecular weight excluding hydrogens is 352 g/mol. The maximum Gasteiger partial charge on any atom is 0.272 e. The minimum absolute atomic E-state index is 0.0382. The van der Waals surface area contributed by atoms with Gasteiger partial charge in [-0.1, -0.05) is 29.5 Å². The van der Waals surface area contributed by atoms with Crippen LogP contribution in [-0.2, 0) is 11.2 Å². The van der Waals surface area contributed by atoms with Gasteiger partial charge in [0.05, 0.1) is 34.8 Å². The first kappa shape index (κ1) is 16.2. The van der Waals surface area contributed by atoms with Gasteiger partial charge < -0.3 is 10.1 Å². The molecule has 0 saturated carbocycles. The highest BCUT2D eigenvalue weighted by Crippen LogP contribution is 2.29. The number of methoxy groups -OCH3 is 1. The lowest BCUT2D eigenvalue weighted by Gasteiger charge is -2.04. The first-order valence-electron chi connectivity index (χ1n) is 7.85. The van der Waals surface area contributed by atoms with Crippen molar-refractivity contribution in [1.29, 1.82) is 0 Å². The number of hydrogen-bond donors (Lipinski definition) is 2. The average molecular weight is 366 g/mol. The van der Waals surface area contributed by atoms with Crippen LogP contribution in [-0.4, -0.2) is 28.2 Å². The summed E-state index contributed by atoms with van der Waals surface area (Å²) in [6, 6.07) is 12.6. The third kappa shape index (κ3) is 3.02. The van der Waals surface area contributed by atoms with E-state index >= 15 is 0 Å². The number of rotatable bonds is 4. The van der Waals surface area contributed by atoms with E-state index in [9.17, 15) is 9.59 Å². The summed E-state index contributed by atoms with van der Waals surface area (Å²) < 4.78 is 6.12. The predicted octanol–water partition coefficient (Wildman–Crippen LogP) is 2.72. The molecule has 0 aliphatic carbocycles. The summed E-state index contributed by atoms with van der Waals surface area (Å²) in [4.78, 5) is 28.6. The summed E-state index contributed by atoms with van der Waals surface area (Å²) in [7, 11) is 1.60. The molecule has 0 radical (unpaired) electrons. The Morgan fingerprint density at radius 3 is 2.85 bits per heavy atom. The van der Waals surface area contributed by atoms with E-state index in [1.54, 1.807) is 25.3 Å². The maximum atomic E-state index is 12.4. The van der Waals surface area contributed by atoms with E-state index in [1.807, 2.05) is 24.3 Å². The molecular formula is C18H14N4O3S. The lowest BCUT2D eigenvalue weighted by molar-refractivity contribution is -0.115. The first-order chi connectivity index (χ1) is 12.6. The molecule has 26 heavy (non-hydrogen) atoms. The second-order valence-electron chi connectivity index (χ2n) is 5.62. The summed E-state index contributed by atoms with van der Waals surface area (Å²) in [6.07, 6.45) is 0.0382. The number of fused-ring (bicyclic) bond motifs is 2. The Hall–Kier alpha value is -3.26. The summed E-state index contributed by atoms with van der Waals surface area (Å²) in [5.41, 5.74) is 1.03. The van der Waals surface area contributed by atoms with Gasteiger partial charge in [-0.15, -0.1) is 0 Å². The van der Waals surface area contributed by atoms with Crippen LogP contribution in [0.3, 0.4) is 0 Å². The van der Waals surface area contributed by atoms with Gasteiger partial charge in [-0.05, 0) is 24.3 Å². The minimum atomic E-state index is -0.273. The number of hydrogen-bond acceptors (Lipinski definition) is 6. The lowest BCUT2D eigenvalue weighted by atomic mass is 10.1. The molecule has 7 nitrogen and oxygen atoms in total. The zero-order valence-electron chi connectivity index (χ0n) is 13.8. The zero-order valence-corrected chi connectivity index (χ0v) is 14.6. The Labute approximate surface area is 151 Å². The third-order valence-electron chi connectivity index (χ3n) is 3.94. The molecule has 0 spiro atoms. The van der Waals surface area contributed by atoms with E-state index in [-0.39, 0.29) is 17.9 Å².